The number of nitrogens with zero attached hydrogens (tertiary/aromatic N) is 2. The number of nitrogen functional groups attached to an aromatic ring is 1. The van der Waals surface area contributed by atoms with E-state index in [1.165, 1.54) is 12.3 Å². The van der Waals surface area contributed by atoms with Crippen LogP contribution in [0.2, 0.25) is 0 Å². The number of nitrogens with two attached hydrogens (primary N) is 1. The first-order valence-electron chi connectivity index (χ1n) is 6.22. The molecule has 0 radical (unpaired) electrons. The average Bonchev–Trinajstić information content (AvgIpc) is 2.78. The fraction of sp³-hybridized carbons (Fsp3) is 0.538. The van der Waals surface area contributed by atoms with Crippen LogP contribution in [0.25, 0.3) is 0 Å². The van der Waals surface area contributed by atoms with Gasteiger partial charge in [0, 0.05) is 13.1 Å². The highest BCUT2D eigenvalue weighted by Crippen LogP contribution is 2.29. The number of anilines is 2. The lowest BCUT2D eigenvalue weighted by atomic mass is 9.95. The Morgan fingerprint density at radius 3 is 2.89 bits per heavy atom. The van der Waals surface area contributed by atoms with Crippen LogP contribution in [0.4, 0.5) is 11.5 Å². The smallest absolute Gasteiger partial charge is 0.339 e. The number of aromatic nitrogens is 1. The third-order valence-corrected chi connectivity index (χ3v) is 3.59. The van der Waals surface area contributed by atoms with Crippen LogP contribution in [-0.2, 0) is 0 Å². The van der Waals surface area contributed by atoms with Crippen molar-refractivity contribution < 1.29 is 9.90 Å². The molecule has 1 aromatic rings. The predicted molar refractivity (Wildman–Crippen MR) is 70.8 cm³/mol. The number of carboxylic acids is 1. The quantitative estimate of drug-likeness (QED) is 0.854. The van der Waals surface area contributed by atoms with Gasteiger partial charge in [0.05, 0.1) is 11.9 Å². The van der Waals surface area contributed by atoms with Crippen LogP contribution in [0.5, 0.6) is 0 Å². The molecule has 1 aliphatic rings. The highest BCUT2D eigenvalue weighted by molar-refractivity contribution is 5.94. The maximum atomic E-state index is 11.2. The van der Waals surface area contributed by atoms with Gasteiger partial charge in [-0.15, -0.1) is 0 Å². The van der Waals surface area contributed by atoms with Gasteiger partial charge in [-0.3, -0.25) is 0 Å². The normalized spacial score (nSPS) is 19.5. The molecule has 1 aliphatic heterocycles. The molecule has 1 unspecified atom stereocenters. The van der Waals surface area contributed by atoms with Gasteiger partial charge in [-0.05, 0) is 24.3 Å². The maximum Gasteiger partial charge on any atom is 0.339 e. The van der Waals surface area contributed by atoms with Crippen molar-refractivity contribution >= 4 is 17.5 Å². The van der Waals surface area contributed by atoms with E-state index in [-0.39, 0.29) is 5.56 Å². The van der Waals surface area contributed by atoms with Gasteiger partial charge in [-0.1, -0.05) is 13.8 Å². The molecule has 1 fully saturated rings. The zero-order valence-corrected chi connectivity index (χ0v) is 10.8. The molecule has 5 heteroatoms. The van der Waals surface area contributed by atoms with E-state index < -0.39 is 5.97 Å². The van der Waals surface area contributed by atoms with Crippen LogP contribution in [-0.4, -0.2) is 29.1 Å². The van der Waals surface area contributed by atoms with Crippen LogP contribution in [0.3, 0.4) is 0 Å². The fourth-order valence-corrected chi connectivity index (χ4v) is 2.41. The van der Waals surface area contributed by atoms with Crippen molar-refractivity contribution in [1.29, 1.82) is 0 Å². The largest absolute Gasteiger partial charge is 0.478 e. The number of aromatic carboxylic acids is 1. The Kier molecular flexibility index (Phi) is 3.41. The molecule has 3 N–H and O–H groups in total. The Balaban J connectivity index is 2.27. The molecule has 1 atom stereocenters. The molecule has 1 aromatic heterocycles. The van der Waals surface area contributed by atoms with Crippen molar-refractivity contribution in [2.45, 2.75) is 20.3 Å². The summed E-state index contributed by atoms with van der Waals surface area (Å²) in [5, 5.41) is 9.20. The van der Waals surface area contributed by atoms with Crippen molar-refractivity contribution in [3.63, 3.8) is 0 Å². The molecule has 2 heterocycles. The van der Waals surface area contributed by atoms with Gasteiger partial charge in [0.1, 0.15) is 11.4 Å². The van der Waals surface area contributed by atoms with Crippen molar-refractivity contribution in [3.05, 3.63) is 17.8 Å². The van der Waals surface area contributed by atoms with Gasteiger partial charge in [0.2, 0.25) is 0 Å². The van der Waals surface area contributed by atoms with Crippen LogP contribution in [0.15, 0.2) is 12.3 Å². The van der Waals surface area contributed by atoms with Gasteiger partial charge >= 0.3 is 5.97 Å². The lowest BCUT2D eigenvalue weighted by Gasteiger charge is -2.20. The van der Waals surface area contributed by atoms with Gasteiger partial charge in [-0.2, -0.15) is 0 Å². The minimum absolute atomic E-state index is 0.194. The first kappa shape index (κ1) is 12.7. The first-order valence-corrected chi connectivity index (χ1v) is 6.22. The molecule has 0 amide bonds. The lowest BCUT2D eigenvalue weighted by Crippen LogP contribution is -2.24. The summed E-state index contributed by atoms with van der Waals surface area (Å²) in [4.78, 5) is 17.5. The Bertz CT molecular complexity index is 460. The number of hydrogen-bond donors (Lipinski definition) is 2. The second-order valence-corrected chi connectivity index (χ2v) is 5.18. The van der Waals surface area contributed by atoms with E-state index in [1.807, 2.05) is 4.90 Å². The molecule has 0 aliphatic carbocycles. The summed E-state index contributed by atoms with van der Waals surface area (Å²) < 4.78 is 0. The highest BCUT2D eigenvalue weighted by Gasteiger charge is 2.28. The molecular formula is C13H19N3O2. The number of hydrogen-bond acceptors (Lipinski definition) is 4. The van der Waals surface area contributed by atoms with Crippen molar-refractivity contribution in [2.75, 3.05) is 23.7 Å². The molecule has 5 nitrogen and oxygen atoms in total. The fourth-order valence-electron chi connectivity index (χ4n) is 2.41. The first-order chi connectivity index (χ1) is 8.49. The van der Waals surface area contributed by atoms with Crippen molar-refractivity contribution in [3.8, 4) is 0 Å². The minimum Gasteiger partial charge on any atom is -0.478 e. The predicted octanol–water partition coefficient (Wildman–Crippen LogP) is 1.84. The summed E-state index contributed by atoms with van der Waals surface area (Å²) >= 11 is 0. The molecule has 18 heavy (non-hydrogen) atoms. The minimum atomic E-state index is -0.974. The standard InChI is InChI=1S/C13H19N3O2/c1-8(2)9-3-4-16(7-9)12-11(13(17)18)5-10(14)6-15-12/h5-6,8-9H,3-4,7,14H2,1-2H3,(H,17,18). The number of carboxylic acid groups (broad SMARTS) is 1. The summed E-state index contributed by atoms with van der Waals surface area (Å²) in [7, 11) is 0. The molecule has 0 saturated carbocycles. The molecule has 0 aromatic carbocycles. The summed E-state index contributed by atoms with van der Waals surface area (Å²) in [6, 6.07) is 1.48. The Labute approximate surface area is 107 Å². The van der Waals surface area contributed by atoms with E-state index in [1.54, 1.807) is 0 Å². The average molecular weight is 249 g/mol. The van der Waals surface area contributed by atoms with E-state index in [4.69, 9.17) is 5.73 Å². The summed E-state index contributed by atoms with van der Waals surface area (Å²) in [6.45, 7) is 6.13. The summed E-state index contributed by atoms with van der Waals surface area (Å²) in [5.41, 5.74) is 6.17. The van der Waals surface area contributed by atoms with Crippen LogP contribution in [0, 0.1) is 11.8 Å². The monoisotopic (exact) mass is 249 g/mol. The van der Waals surface area contributed by atoms with Crippen LogP contribution < -0.4 is 10.6 Å². The lowest BCUT2D eigenvalue weighted by molar-refractivity contribution is 0.0697. The van der Waals surface area contributed by atoms with E-state index >= 15 is 0 Å². The van der Waals surface area contributed by atoms with Crippen LogP contribution in [0.1, 0.15) is 30.6 Å². The highest BCUT2D eigenvalue weighted by atomic mass is 16.4. The molecule has 98 valence electrons. The Hall–Kier alpha value is -1.78. The van der Waals surface area contributed by atoms with Crippen molar-refractivity contribution in [1.82, 2.24) is 4.98 Å². The zero-order valence-electron chi connectivity index (χ0n) is 10.8. The van der Waals surface area contributed by atoms with Crippen molar-refractivity contribution in [2.24, 2.45) is 11.8 Å². The summed E-state index contributed by atoms with van der Waals surface area (Å²) in [6.07, 6.45) is 2.60. The zero-order chi connectivity index (χ0) is 13.3. The van der Waals surface area contributed by atoms with Gasteiger partial charge in [0.15, 0.2) is 0 Å². The van der Waals surface area contributed by atoms with Gasteiger partial charge in [-0.25, -0.2) is 9.78 Å². The Morgan fingerprint density at radius 2 is 2.33 bits per heavy atom. The van der Waals surface area contributed by atoms with Gasteiger partial charge < -0.3 is 15.7 Å². The molecule has 0 bridgehead atoms. The summed E-state index contributed by atoms with van der Waals surface area (Å²) in [5.74, 6) is 0.778. The Morgan fingerprint density at radius 1 is 1.61 bits per heavy atom. The number of pyridine rings is 1. The third-order valence-electron chi connectivity index (χ3n) is 3.59. The molecule has 1 saturated heterocycles. The van der Waals surface area contributed by atoms with E-state index in [0.717, 1.165) is 19.5 Å². The second kappa shape index (κ2) is 4.84. The molecular weight excluding hydrogens is 230 g/mol. The topological polar surface area (TPSA) is 79.5 Å². The van der Waals surface area contributed by atoms with Crippen LogP contribution >= 0.6 is 0 Å². The molecule has 0 spiro atoms. The third kappa shape index (κ3) is 2.39. The van der Waals surface area contributed by atoms with E-state index in [0.29, 0.717) is 23.3 Å². The maximum absolute atomic E-state index is 11.2. The van der Waals surface area contributed by atoms with Gasteiger partial charge in [0.25, 0.3) is 0 Å². The van der Waals surface area contributed by atoms with E-state index in [9.17, 15) is 9.90 Å². The molecule has 2 rings (SSSR count). The second-order valence-electron chi connectivity index (χ2n) is 5.18. The van der Waals surface area contributed by atoms with E-state index in [2.05, 4.69) is 18.8 Å². The number of rotatable bonds is 3. The number of carbonyl (C=O) groups is 1. The SMILES string of the molecule is CC(C)C1CCN(c2ncc(N)cc2C(=O)O)C1.